The summed E-state index contributed by atoms with van der Waals surface area (Å²) in [5, 5.41) is 0. The van der Waals surface area contributed by atoms with Crippen LogP contribution in [0.5, 0.6) is 11.5 Å². The molecule has 0 aromatic heterocycles. The first-order chi connectivity index (χ1) is 11.2. The third-order valence-electron chi connectivity index (χ3n) is 4.27. The summed E-state index contributed by atoms with van der Waals surface area (Å²) in [6, 6.07) is 13.8. The molecule has 0 radical (unpaired) electrons. The summed E-state index contributed by atoms with van der Waals surface area (Å²) in [5.74, 6) is 1.43. The van der Waals surface area contributed by atoms with E-state index in [4.69, 9.17) is 9.47 Å². The van der Waals surface area contributed by atoms with Gasteiger partial charge < -0.3 is 14.4 Å². The largest absolute Gasteiger partial charge is 0.493 e. The van der Waals surface area contributed by atoms with Crippen molar-refractivity contribution in [3.8, 4) is 11.5 Å². The van der Waals surface area contributed by atoms with Crippen LogP contribution in [0.15, 0.2) is 42.5 Å². The Labute approximate surface area is 136 Å². The van der Waals surface area contributed by atoms with E-state index in [2.05, 4.69) is 0 Å². The highest BCUT2D eigenvalue weighted by Crippen LogP contribution is 2.39. The van der Waals surface area contributed by atoms with Gasteiger partial charge in [0.15, 0.2) is 11.5 Å². The molecule has 1 heterocycles. The highest BCUT2D eigenvalue weighted by molar-refractivity contribution is 6.04. The maximum atomic E-state index is 12.6. The molecule has 0 unspecified atom stereocenters. The molecule has 3 rings (SSSR count). The van der Waals surface area contributed by atoms with E-state index in [1.165, 1.54) is 0 Å². The third kappa shape index (κ3) is 2.77. The predicted molar refractivity (Wildman–Crippen MR) is 90.5 cm³/mol. The molecule has 2 aromatic carbocycles. The Morgan fingerprint density at radius 2 is 1.91 bits per heavy atom. The predicted octanol–water partition coefficient (Wildman–Crippen LogP) is 3.40. The van der Waals surface area contributed by atoms with Crippen molar-refractivity contribution < 1.29 is 14.3 Å². The number of ether oxygens (including phenoxy) is 2. The van der Waals surface area contributed by atoms with Gasteiger partial charge in [-0.25, -0.2) is 0 Å². The van der Waals surface area contributed by atoms with Gasteiger partial charge in [-0.3, -0.25) is 4.79 Å². The van der Waals surface area contributed by atoms with Crippen molar-refractivity contribution in [2.45, 2.75) is 19.3 Å². The molecule has 1 atom stereocenters. The second-order valence-corrected chi connectivity index (χ2v) is 5.63. The van der Waals surface area contributed by atoms with Gasteiger partial charge in [0.1, 0.15) is 0 Å². The number of hydrogen-bond donors (Lipinski definition) is 0. The molecule has 0 spiro atoms. The van der Waals surface area contributed by atoms with Crippen LogP contribution in [0.2, 0.25) is 0 Å². The van der Waals surface area contributed by atoms with Crippen LogP contribution in [0.25, 0.3) is 0 Å². The number of rotatable bonds is 5. The Balaban J connectivity index is 1.89. The maximum absolute atomic E-state index is 12.6. The van der Waals surface area contributed by atoms with Crippen molar-refractivity contribution >= 4 is 11.6 Å². The van der Waals surface area contributed by atoms with Crippen molar-refractivity contribution in [1.29, 1.82) is 0 Å². The lowest BCUT2D eigenvalue weighted by Crippen LogP contribution is -2.24. The topological polar surface area (TPSA) is 38.8 Å². The zero-order valence-corrected chi connectivity index (χ0v) is 13.7. The number of nitrogens with zero attached hydrogens (tertiary/aromatic N) is 1. The van der Waals surface area contributed by atoms with Crippen molar-refractivity contribution in [2.24, 2.45) is 0 Å². The molecule has 1 amide bonds. The van der Waals surface area contributed by atoms with Gasteiger partial charge in [0.05, 0.1) is 19.6 Å². The Bertz CT molecular complexity index is 726. The van der Waals surface area contributed by atoms with Gasteiger partial charge in [0.2, 0.25) is 5.91 Å². The molecule has 4 nitrogen and oxygen atoms in total. The summed E-state index contributed by atoms with van der Waals surface area (Å²) in [5.41, 5.74) is 3.15. The van der Waals surface area contributed by atoms with Crippen LogP contribution in [0.1, 0.15) is 24.0 Å². The second kappa shape index (κ2) is 6.32. The molecular weight excluding hydrogens is 290 g/mol. The van der Waals surface area contributed by atoms with Gasteiger partial charge >= 0.3 is 0 Å². The smallest absolute Gasteiger partial charge is 0.234 e. The van der Waals surface area contributed by atoms with Crippen molar-refractivity contribution in [2.75, 3.05) is 25.7 Å². The van der Waals surface area contributed by atoms with Gasteiger partial charge in [0, 0.05) is 12.7 Å². The number of carbonyl (C=O) groups excluding carboxylic acids is 1. The van der Waals surface area contributed by atoms with Crippen LogP contribution >= 0.6 is 0 Å². The van der Waals surface area contributed by atoms with Crippen molar-refractivity contribution in [3.63, 3.8) is 0 Å². The number of benzene rings is 2. The Kier molecular flexibility index (Phi) is 4.24. The maximum Gasteiger partial charge on any atom is 0.234 e. The summed E-state index contributed by atoms with van der Waals surface area (Å²) in [6.07, 6.45) is 0.656. The van der Waals surface area contributed by atoms with E-state index in [-0.39, 0.29) is 11.8 Å². The van der Waals surface area contributed by atoms with Crippen molar-refractivity contribution in [3.05, 3.63) is 53.6 Å². The van der Waals surface area contributed by atoms with E-state index in [1.54, 1.807) is 12.0 Å². The lowest BCUT2D eigenvalue weighted by atomic mass is 9.93. The normalized spacial score (nSPS) is 16.4. The number of amides is 1. The van der Waals surface area contributed by atoms with Crippen LogP contribution in [0, 0.1) is 0 Å². The Morgan fingerprint density at radius 3 is 2.65 bits per heavy atom. The standard InChI is InChI=1S/C19H21NO3/c1-4-23-17-10-9-13(12-18(17)22-3)11-15-14-7-5-6-8-16(14)20(2)19(15)21/h5-10,12,15H,4,11H2,1-3H3/t15-/m1/s1. The van der Waals surface area contributed by atoms with E-state index in [1.807, 2.05) is 56.4 Å². The fourth-order valence-electron chi connectivity index (χ4n) is 3.12. The highest BCUT2D eigenvalue weighted by Gasteiger charge is 2.34. The first-order valence-corrected chi connectivity index (χ1v) is 7.82. The minimum absolute atomic E-state index is 0.138. The lowest BCUT2D eigenvalue weighted by Gasteiger charge is -2.14. The molecule has 1 aliphatic rings. The van der Waals surface area contributed by atoms with Gasteiger partial charge in [-0.05, 0) is 42.7 Å². The van der Waals surface area contributed by atoms with Gasteiger partial charge in [-0.1, -0.05) is 24.3 Å². The molecule has 0 bridgehead atoms. The number of methoxy groups -OCH3 is 1. The summed E-state index contributed by atoms with van der Waals surface area (Å²) in [7, 11) is 3.46. The molecule has 0 saturated carbocycles. The average Bonchev–Trinajstić information content (AvgIpc) is 2.82. The molecule has 1 aliphatic heterocycles. The molecule has 0 N–H and O–H groups in total. The first kappa shape index (κ1) is 15.4. The van der Waals surface area contributed by atoms with E-state index in [0.717, 1.165) is 22.6 Å². The van der Waals surface area contributed by atoms with Crippen LogP contribution < -0.4 is 14.4 Å². The highest BCUT2D eigenvalue weighted by atomic mass is 16.5. The molecule has 0 saturated heterocycles. The molecule has 0 fully saturated rings. The number of carbonyl (C=O) groups is 1. The van der Waals surface area contributed by atoms with Crippen molar-refractivity contribution in [1.82, 2.24) is 0 Å². The SMILES string of the molecule is CCOc1ccc(C[C@H]2C(=O)N(C)c3ccccc32)cc1OC. The lowest BCUT2D eigenvalue weighted by molar-refractivity contribution is -0.119. The first-order valence-electron chi connectivity index (χ1n) is 7.82. The van der Waals surface area contributed by atoms with Gasteiger partial charge in [-0.15, -0.1) is 0 Å². The molecule has 23 heavy (non-hydrogen) atoms. The molecular formula is C19H21NO3. The summed E-state index contributed by atoms with van der Waals surface area (Å²) in [6.45, 7) is 2.53. The van der Waals surface area contributed by atoms with E-state index < -0.39 is 0 Å². The van der Waals surface area contributed by atoms with E-state index in [9.17, 15) is 4.79 Å². The van der Waals surface area contributed by atoms with Crippen LogP contribution in [0.4, 0.5) is 5.69 Å². The number of fused-ring (bicyclic) bond motifs is 1. The van der Waals surface area contributed by atoms with Crippen LogP contribution in [-0.4, -0.2) is 26.7 Å². The summed E-state index contributed by atoms with van der Waals surface area (Å²) < 4.78 is 10.9. The second-order valence-electron chi connectivity index (χ2n) is 5.63. The molecule has 0 aliphatic carbocycles. The number of anilines is 1. The number of para-hydroxylation sites is 1. The zero-order valence-electron chi connectivity index (χ0n) is 13.7. The summed E-state index contributed by atoms with van der Waals surface area (Å²) in [4.78, 5) is 14.3. The Hall–Kier alpha value is -2.49. The Morgan fingerprint density at radius 1 is 1.13 bits per heavy atom. The van der Waals surface area contributed by atoms with Crippen LogP contribution in [-0.2, 0) is 11.2 Å². The molecule has 2 aromatic rings. The van der Waals surface area contributed by atoms with Gasteiger partial charge in [-0.2, -0.15) is 0 Å². The zero-order chi connectivity index (χ0) is 16.4. The van der Waals surface area contributed by atoms with Gasteiger partial charge in [0.25, 0.3) is 0 Å². The third-order valence-corrected chi connectivity index (χ3v) is 4.27. The van der Waals surface area contributed by atoms with E-state index >= 15 is 0 Å². The number of likely N-dealkylation sites (N-methyl/N-ethyl adjacent to an activating group) is 1. The molecule has 120 valence electrons. The summed E-state index contributed by atoms with van der Waals surface area (Å²) >= 11 is 0. The monoisotopic (exact) mass is 311 g/mol. The fourth-order valence-corrected chi connectivity index (χ4v) is 3.12. The average molecular weight is 311 g/mol. The van der Waals surface area contributed by atoms with E-state index in [0.29, 0.717) is 18.8 Å². The minimum Gasteiger partial charge on any atom is -0.493 e. The quantitative estimate of drug-likeness (QED) is 0.849. The number of hydrogen-bond acceptors (Lipinski definition) is 3. The fraction of sp³-hybridized carbons (Fsp3) is 0.316. The van der Waals surface area contributed by atoms with Crippen LogP contribution in [0.3, 0.4) is 0 Å². The molecule has 4 heteroatoms. The minimum atomic E-state index is -0.140.